The zero-order chi connectivity index (χ0) is 17.6. The van der Waals surface area contributed by atoms with Gasteiger partial charge in [0.1, 0.15) is 11.5 Å². The van der Waals surface area contributed by atoms with Gasteiger partial charge in [-0.3, -0.25) is 4.90 Å². The van der Waals surface area contributed by atoms with Crippen LogP contribution in [0.3, 0.4) is 0 Å². The molecule has 1 aliphatic rings. The molecular weight excluding hydrogens is 320 g/mol. The Morgan fingerprint density at radius 2 is 2.04 bits per heavy atom. The van der Waals surface area contributed by atoms with Gasteiger partial charge in [-0.2, -0.15) is 4.52 Å². The van der Waals surface area contributed by atoms with Gasteiger partial charge in [0.25, 0.3) is 0 Å². The maximum absolute atomic E-state index is 4.75. The van der Waals surface area contributed by atoms with Crippen LogP contribution in [0.25, 0.3) is 5.65 Å². The van der Waals surface area contributed by atoms with E-state index in [1.165, 1.54) is 0 Å². The molecule has 1 fully saturated rings. The number of nitrogens with zero attached hydrogens (tertiary/aromatic N) is 8. The van der Waals surface area contributed by atoms with Gasteiger partial charge in [-0.25, -0.2) is 4.63 Å². The Balaban J connectivity index is 1.47. The number of fused-ring (bicyclic) bond motifs is 1. The molecule has 0 radical (unpaired) electrons. The fraction of sp³-hybridized carbons (Fsp3) is 0.562. The van der Waals surface area contributed by atoms with E-state index in [9.17, 15) is 0 Å². The first kappa shape index (κ1) is 15.9. The lowest BCUT2D eigenvalue weighted by atomic mass is 9.96. The Kier molecular flexibility index (Phi) is 3.68. The smallest absolute Gasteiger partial charge is 0.178 e. The number of hydrogen-bond acceptors (Lipinski definition) is 8. The zero-order valence-corrected chi connectivity index (χ0v) is 14.9. The molecule has 132 valence electrons. The lowest BCUT2D eigenvalue weighted by Gasteiger charge is -2.44. The molecule has 9 nitrogen and oxygen atoms in total. The van der Waals surface area contributed by atoms with Crippen molar-refractivity contribution < 1.29 is 4.63 Å². The third-order valence-corrected chi connectivity index (χ3v) is 4.55. The molecule has 3 aromatic rings. The first-order valence-corrected chi connectivity index (χ1v) is 8.36. The summed E-state index contributed by atoms with van der Waals surface area (Å²) in [6.45, 7) is 8.93. The van der Waals surface area contributed by atoms with Crippen molar-refractivity contribution in [3.63, 3.8) is 0 Å². The molecule has 4 heterocycles. The molecule has 0 spiro atoms. The van der Waals surface area contributed by atoms with Crippen LogP contribution in [-0.2, 0) is 12.0 Å². The summed E-state index contributed by atoms with van der Waals surface area (Å²) < 4.78 is 6.50. The molecule has 3 aromatic heterocycles. The summed E-state index contributed by atoms with van der Waals surface area (Å²) in [6, 6.07) is 4.44. The monoisotopic (exact) mass is 342 g/mol. The van der Waals surface area contributed by atoms with Gasteiger partial charge in [0.15, 0.2) is 11.5 Å². The molecular formula is C16H22N8O. The average molecular weight is 342 g/mol. The van der Waals surface area contributed by atoms with E-state index in [-0.39, 0.29) is 5.41 Å². The van der Waals surface area contributed by atoms with E-state index in [0.717, 1.165) is 42.6 Å². The van der Waals surface area contributed by atoms with Gasteiger partial charge in [-0.1, -0.05) is 31.1 Å². The van der Waals surface area contributed by atoms with E-state index in [0.29, 0.717) is 6.04 Å². The molecule has 0 N–H and O–H groups in total. The highest BCUT2D eigenvalue weighted by Gasteiger charge is 2.32. The molecule has 25 heavy (non-hydrogen) atoms. The molecule has 1 saturated heterocycles. The van der Waals surface area contributed by atoms with Crippen molar-refractivity contribution in [2.75, 3.05) is 25.0 Å². The quantitative estimate of drug-likeness (QED) is 0.697. The first-order chi connectivity index (χ1) is 11.9. The van der Waals surface area contributed by atoms with Crippen molar-refractivity contribution in [2.45, 2.75) is 38.8 Å². The molecule has 1 aliphatic heterocycles. The van der Waals surface area contributed by atoms with Crippen LogP contribution in [-0.4, -0.2) is 61.2 Å². The third-order valence-electron chi connectivity index (χ3n) is 4.55. The molecule has 4 rings (SSSR count). The van der Waals surface area contributed by atoms with Crippen LogP contribution in [0.15, 0.2) is 23.0 Å². The van der Waals surface area contributed by atoms with Crippen molar-refractivity contribution >= 4 is 11.5 Å². The van der Waals surface area contributed by atoms with Crippen molar-refractivity contribution in [1.29, 1.82) is 0 Å². The second kappa shape index (κ2) is 5.76. The van der Waals surface area contributed by atoms with Crippen LogP contribution in [0.2, 0.25) is 0 Å². The Labute approximate surface area is 145 Å². The highest BCUT2D eigenvalue weighted by atomic mass is 16.6. The van der Waals surface area contributed by atoms with E-state index in [2.05, 4.69) is 62.8 Å². The fourth-order valence-electron chi connectivity index (χ4n) is 2.98. The summed E-state index contributed by atoms with van der Waals surface area (Å²) in [5.41, 5.74) is 1.52. The number of anilines is 1. The maximum atomic E-state index is 4.75. The normalized spacial score (nSPS) is 16.0. The summed E-state index contributed by atoms with van der Waals surface area (Å²) in [6.07, 6.45) is 1.66. The van der Waals surface area contributed by atoms with E-state index in [1.54, 1.807) is 6.20 Å². The standard InChI is InChI=1S/C16H22N8O/c1-16(2,3)15-19-18-13-5-6-14(20-24(13)15)23-9-12(10-23)22(4)8-11-7-17-25-21-11/h5-7,12H,8-10H2,1-4H3. The van der Waals surface area contributed by atoms with Crippen LogP contribution in [0, 0.1) is 0 Å². The summed E-state index contributed by atoms with van der Waals surface area (Å²) in [5.74, 6) is 1.82. The Hall–Kier alpha value is -2.55. The van der Waals surface area contributed by atoms with Gasteiger partial charge in [0.2, 0.25) is 0 Å². The average Bonchev–Trinajstić information content (AvgIpc) is 3.13. The predicted octanol–water partition coefficient (Wildman–Crippen LogP) is 1.13. The topological polar surface area (TPSA) is 88.5 Å². The van der Waals surface area contributed by atoms with Crippen LogP contribution in [0.1, 0.15) is 32.3 Å². The van der Waals surface area contributed by atoms with Gasteiger partial charge in [-0.15, -0.1) is 15.3 Å². The molecule has 0 atom stereocenters. The van der Waals surface area contributed by atoms with Gasteiger partial charge in [0, 0.05) is 31.1 Å². The summed E-state index contributed by atoms with van der Waals surface area (Å²) >= 11 is 0. The van der Waals surface area contributed by atoms with Crippen molar-refractivity contribution in [3.05, 3.63) is 29.8 Å². The largest absolute Gasteiger partial charge is 0.352 e. The predicted molar refractivity (Wildman–Crippen MR) is 91.2 cm³/mol. The lowest BCUT2D eigenvalue weighted by molar-refractivity contribution is 0.190. The molecule has 0 aromatic carbocycles. The minimum atomic E-state index is -0.103. The molecule has 0 bridgehead atoms. The second-order valence-corrected chi connectivity index (χ2v) is 7.61. The minimum absolute atomic E-state index is 0.103. The third kappa shape index (κ3) is 2.95. The summed E-state index contributed by atoms with van der Waals surface area (Å²) in [5, 5.41) is 20.8. The van der Waals surface area contributed by atoms with E-state index >= 15 is 0 Å². The van der Waals surface area contributed by atoms with Crippen molar-refractivity contribution in [2.24, 2.45) is 0 Å². The van der Waals surface area contributed by atoms with Gasteiger partial charge in [0.05, 0.1) is 6.20 Å². The SMILES string of the molecule is CN(Cc1cnon1)C1CN(c2ccc3nnc(C(C)(C)C)n3n2)C1. The van der Waals surface area contributed by atoms with E-state index in [4.69, 9.17) is 5.10 Å². The van der Waals surface area contributed by atoms with Crippen LogP contribution in [0.4, 0.5) is 5.82 Å². The van der Waals surface area contributed by atoms with Crippen molar-refractivity contribution in [3.8, 4) is 0 Å². The first-order valence-electron chi connectivity index (χ1n) is 8.36. The lowest BCUT2D eigenvalue weighted by Crippen LogP contribution is -2.58. The summed E-state index contributed by atoms with van der Waals surface area (Å²) in [4.78, 5) is 4.52. The zero-order valence-electron chi connectivity index (χ0n) is 14.9. The van der Waals surface area contributed by atoms with Gasteiger partial charge < -0.3 is 4.90 Å². The van der Waals surface area contributed by atoms with Crippen molar-refractivity contribution in [1.82, 2.24) is 35.0 Å². The molecule has 0 amide bonds. The van der Waals surface area contributed by atoms with Crippen LogP contribution in [0.5, 0.6) is 0 Å². The summed E-state index contributed by atoms with van der Waals surface area (Å²) in [7, 11) is 2.09. The highest BCUT2D eigenvalue weighted by molar-refractivity contribution is 5.48. The van der Waals surface area contributed by atoms with E-state index in [1.807, 2.05) is 16.6 Å². The van der Waals surface area contributed by atoms with E-state index < -0.39 is 0 Å². The number of rotatable bonds is 4. The van der Waals surface area contributed by atoms with Crippen LogP contribution >= 0.6 is 0 Å². The maximum Gasteiger partial charge on any atom is 0.178 e. The van der Waals surface area contributed by atoms with Crippen LogP contribution < -0.4 is 4.90 Å². The van der Waals surface area contributed by atoms with Gasteiger partial charge in [-0.05, 0) is 19.2 Å². The molecule has 9 heteroatoms. The number of aromatic nitrogens is 6. The fourth-order valence-corrected chi connectivity index (χ4v) is 2.98. The number of hydrogen-bond donors (Lipinski definition) is 0. The number of likely N-dealkylation sites (N-methyl/N-ethyl adjacent to an activating group) is 1. The molecule has 0 saturated carbocycles. The second-order valence-electron chi connectivity index (χ2n) is 7.61. The van der Waals surface area contributed by atoms with Gasteiger partial charge >= 0.3 is 0 Å². The molecule has 0 aliphatic carbocycles. The highest BCUT2D eigenvalue weighted by Crippen LogP contribution is 2.25. The Bertz CT molecular complexity index is 860. The minimum Gasteiger partial charge on any atom is -0.352 e. The Morgan fingerprint density at radius 1 is 1.24 bits per heavy atom. The molecule has 0 unspecified atom stereocenters. The Morgan fingerprint density at radius 3 is 2.72 bits per heavy atom.